The minimum absolute atomic E-state index is 0.173. The molecule has 2 rings (SSSR count). The summed E-state index contributed by atoms with van der Waals surface area (Å²) in [6, 6.07) is 3.38. The van der Waals surface area contributed by atoms with Gasteiger partial charge in [-0.15, -0.1) is 5.10 Å². The van der Waals surface area contributed by atoms with Gasteiger partial charge in [-0.05, 0) is 12.1 Å². The third-order valence-electron chi connectivity index (χ3n) is 1.58. The number of rotatable bonds is 0. The molecule has 0 N–H and O–H groups in total. The first-order valence-corrected chi connectivity index (χ1v) is 3.44. The molecule has 0 spiro atoms. The van der Waals surface area contributed by atoms with Crippen LogP contribution in [0, 0.1) is 0 Å². The molecule has 0 radical (unpaired) electrons. The van der Waals surface area contributed by atoms with E-state index in [0.717, 1.165) is 0 Å². The molecular formula is C7H6N4O. The minimum atomic E-state index is -0.173. The molecule has 0 fully saturated rings. The highest BCUT2D eigenvalue weighted by molar-refractivity contribution is 5.71. The first-order valence-electron chi connectivity index (χ1n) is 3.44. The van der Waals surface area contributed by atoms with E-state index in [9.17, 15) is 4.79 Å². The molecule has 0 bridgehead atoms. The second-order valence-corrected chi connectivity index (χ2v) is 2.39. The average Bonchev–Trinajstić information content (AvgIpc) is 2.12. The molecule has 2 heterocycles. The Bertz CT molecular complexity index is 476. The molecule has 0 saturated carbocycles. The second kappa shape index (κ2) is 2.37. The van der Waals surface area contributed by atoms with Crippen molar-refractivity contribution in [3.63, 3.8) is 0 Å². The minimum Gasteiger partial charge on any atom is -0.267 e. The lowest BCUT2D eigenvalue weighted by molar-refractivity contribution is 0.654. The second-order valence-electron chi connectivity index (χ2n) is 2.39. The number of nitrogens with zero attached hydrogens (tertiary/aromatic N) is 4. The number of pyridine rings is 1. The first kappa shape index (κ1) is 6.90. The molecule has 0 aliphatic rings. The molecule has 5 nitrogen and oxygen atoms in total. The van der Waals surface area contributed by atoms with Crippen LogP contribution in [-0.2, 0) is 7.05 Å². The quantitative estimate of drug-likeness (QED) is 0.534. The molecule has 60 valence electrons. The van der Waals surface area contributed by atoms with E-state index in [0.29, 0.717) is 11.0 Å². The zero-order valence-corrected chi connectivity index (χ0v) is 6.43. The fourth-order valence-electron chi connectivity index (χ4n) is 0.968. The Hall–Kier alpha value is -1.78. The van der Waals surface area contributed by atoms with Crippen LogP contribution in [0.4, 0.5) is 0 Å². The van der Waals surface area contributed by atoms with Gasteiger partial charge in [0.1, 0.15) is 0 Å². The molecule has 2 aromatic heterocycles. The summed E-state index contributed by atoms with van der Waals surface area (Å²) < 4.78 is 1.18. The van der Waals surface area contributed by atoms with Gasteiger partial charge in [-0.3, -0.25) is 4.79 Å². The van der Waals surface area contributed by atoms with E-state index in [1.165, 1.54) is 4.68 Å². The first-order chi connectivity index (χ1) is 5.79. The zero-order chi connectivity index (χ0) is 8.55. The molecule has 12 heavy (non-hydrogen) atoms. The number of hydrogen-bond acceptors (Lipinski definition) is 4. The van der Waals surface area contributed by atoms with E-state index in [1.54, 1.807) is 25.4 Å². The van der Waals surface area contributed by atoms with E-state index in [-0.39, 0.29) is 5.56 Å². The van der Waals surface area contributed by atoms with E-state index in [2.05, 4.69) is 15.3 Å². The maximum atomic E-state index is 11.3. The van der Waals surface area contributed by atoms with Gasteiger partial charge in [0.15, 0.2) is 5.65 Å². The summed E-state index contributed by atoms with van der Waals surface area (Å²) in [6.45, 7) is 0. The Morgan fingerprint density at radius 1 is 1.50 bits per heavy atom. The molecule has 0 amide bonds. The van der Waals surface area contributed by atoms with Gasteiger partial charge in [-0.25, -0.2) is 9.67 Å². The van der Waals surface area contributed by atoms with Crippen molar-refractivity contribution in [3.05, 3.63) is 28.7 Å². The highest BCUT2D eigenvalue weighted by Gasteiger charge is 2.00. The Kier molecular flexibility index (Phi) is 1.36. The van der Waals surface area contributed by atoms with Crippen molar-refractivity contribution < 1.29 is 0 Å². The molecule has 0 unspecified atom stereocenters. The van der Waals surface area contributed by atoms with E-state index in [4.69, 9.17) is 0 Å². The third kappa shape index (κ3) is 0.868. The largest absolute Gasteiger partial charge is 0.278 e. The van der Waals surface area contributed by atoms with Gasteiger partial charge in [0, 0.05) is 13.2 Å². The Morgan fingerprint density at radius 2 is 2.33 bits per heavy atom. The van der Waals surface area contributed by atoms with Crippen LogP contribution in [0.1, 0.15) is 0 Å². The highest BCUT2D eigenvalue weighted by atomic mass is 16.1. The van der Waals surface area contributed by atoms with Crippen molar-refractivity contribution in [2.45, 2.75) is 0 Å². The normalized spacial score (nSPS) is 10.4. The molecule has 2 aromatic rings. The van der Waals surface area contributed by atoms with Gasteiger partial charge >= 0.3 is 0 Å². The van der Waals surface area contributed by atoms with Gasteiger partial charge in [0.05, 0.1) is 5.39 Å². The van der Waals surface area contributed by atoms with Crippen molar-refractivity contribution in [3.8, 4) is 0 Å². The van der Waals surface area contributed by atoms with Crippen LogP contribution in [0.2, 0.25) is 0 Å². The maximum absolute atomic E-state index is 11.3. The van der Waals surface area contributed by atoms with Gasteiger partial charge < -0.3 is 0 Å². The predicted octanol–water partition coefficient (Wildman–Crippen LogP) is -0.276. The number of aromatic nitrogens is 4. The topological polar surface area (TPSA) is 60.7 Å². The molecule has 0 atom stereocenters. The lowest BCUT2D eigenvalue weighted by atomic mass is 10.3. The molecule has 5 heteroatoms. The predicted molar refractivity (Wildman–Crippen MR) is 42.6 cm³/mol. The third-order valence-corrected chi connectivity index (χ3v) is 1.58. The maximum Gasteiger partial charge on any atom is 0.278 e. The van der Waals surface area contributed by atoms with Gasteiger partial charge in [0.2, 0.25) is 0 Å². The zero-order valence-electron chi connectivity index (χ0n) is 6.43. The number of fused-ring (bicyclic) bond motifs is 1. The molecule has 0 aromatic carbocycles. The van der Waals surface area contributed by atoms with Crippen LogP contribution in [0.5, 0.6) is 0 Å². The van der Waals surface area contributed by atoms with Crippen LogP contribution >= 0.6 is 0 Å². The lowest BCUT2D eigenvalue weighted by Crippen LogP contribution is -2.20. The Labute approximate surface area is 67.7 Å². The van der Waals surface area contributed by atoms with Crippen molar-refractivity contribution in [1.82, 2.24) is 20.0 Å². The summed E-state index contributed by atoms with van der Waals surface area (Å²) >= 11 is 0. The Balaban J connectivity index is 3.01. The summed E-state index contributed by atoms with van der Waals surface area (Å²) in [5.74, 6) is 0. The fourth-order valence-corrected chi connectivity index (χ4v) is 0.968. The summed E-state index contributed by atoms with van der Waals surface area (Å²) in [7, 11) is 1.56. The van der Waals surface area contributed by atoms with E-state index < -0.39 is 0 Å². The van der Waals surface area contributed by atoms with E-state index in [1.807, 2.05) is 0 Å². The number of aryl methyl sites for hydroxylation is 1. The Morgan fingerprint density at radius 3 is 3.17 bits per heavy atom. The fraction of sp³-hybridized carbons (Fsp3) is 0.143. The van der Waals surface area contributed by atoms with Crippen LogP contribution < -0.4 is 5.56 Å². The van der Waals surface area contributed by atoms with Gasteiger partial charge in [-0.1, -0.05) is 5.21 Å². The molecule has 0 saturated heterocycles. The standard InChI is InChI=1S/C7H6N4O/c1-11-7(12)5-3-2-4-8-6(5)9-10-11/h2-4H,1H3. The summed E-state index contributed by atoms with van der Waals surface area (Å²) in [5, 5.41) is 7.84. The van der Waals surface area contributed by atoms with E-state index >= 15 is 0 Å². The van der Waals surface area contributed by atoms with Gasteiger partial charge in [-0.2, -0.15) is 0 Å². The summed E-state index contributed by atoms with van der Waals surface area (Å²) in [6.07, 6.45) is 1.58. The lowest BCUT2D eigenvalue weighted by Gasteiger charge is -1.95. The van der Waals surface area contributed by atoms with Gasteiger partial charge in [0.25, 0.3) is 5.56 Å². The average molecular weight is 162 g/mol. The van der Waals surface area contributed by atoms with Crippen LogP contribution in [-0.4, -0.2) is 20.0 Å². The summed E-state index contributed by atoms with van der Waals surface area (Å²) in [4.78, 5) is 15.2. The SMILES string of the molecule is Cn1nnc2ncccc2c1=O. The highest BCUT2D eigenvalue weighted by Crippen LogP contribution is 1.97. The molecule has 0 aliphatic heterocycles. The molecular weight excluding hydrogens is 156 g/mol. The van der Waals surface area contributed by atoms with Crippen molar-refractivity contribution >= 4 is 11.0 Å². The summed E-state index contributed by atoms with van der Waals surface area (Å²) in [5.41, 5.74) is 0.216. The van der Waals surface area contributed by atoms with Crippen LogP contribution in [0.25, 0.3) is 11.0 Å². The van der Waals surface area contributed by atoms with Crippen LogP contribution in [0.15, 0.2) is 23.1 Å². The van der Waals surface area contributed by atoms with Crippen LogP contribution in [0.3, 0.4) is 0 Å². The van der Waals surface area contributed by atoms with Crippen molar-refractivity contribution in [1.29, 1.82) is 0 Å². The van der Waals surface area contributed by atoms with Crippen molar-refractivity contribution in [2.24, 2.45) is 7.05 Å². The molecule has 0 aliphatic carbocycles. The van der Waals surface area contributed by atoms with Crippen molar-refractivity contribution in [2.75, 3.05) is 0 Å². The monoisotopic (exact) mass is 162 g/mol. The smallest absolute Gasteiger partial charge is 0.267 e. The number of hydrogen-bond donors (Lipinski definition) is 0.